The Morgan fingerprint density at radius 3 is 2.55 bits per heavy atom. The molecule has 1 heterocycles. The number of hydrogen-bond acceptors (Lipinski definition) is 4. The fourth-order valence-electron chi connectivity index (χ4n) is 2.03. The van der Waals surface area contributed by atoms with Crippen molar-refractivity contribution in [2.45, 2.75) is 6.92 Å². The second-order valence-electron chi connectivity index (χ2n) is 4.64. The fraction of sp³-hybridized carbons (Fsp3) is 0.333. The average Bonchev–Trinajstić information content (AvgIpc) is 2.46. The van der Waals surface area contributed by atoms with Gasteiger partial charge in [0.05, 0.1) is 0 Å². The first kappa shape index (κ1) is 16.6. The predicted molar refractivity (Wildman–Crippen MR) is 86.3 cm³/mol. The highest BCUT2D eigenvalue weighted by molar-refractivity contribution is 6.18. The molecule has 1 aromatic heterocycles. The molecule has 1 aromatic carbocycles. The second-order valence-corrected chi connectivity index (χ2v) is 5.40. The molecule has 1 amide bonds. The van der Waals surface area contributed by atoms with E-state index in [1.165, 1.54) is 17.0 Å². The zero-order valence-corrected chi connectivity index (χ0v) is 13.5. The molecule has 0 bridgehead atoms. The Bertz CT molecular complexity index is 723. The zero-order chi connectivity index (χ0) is 16.1. The summed E-state index contributed by atoms with van der Waals surface area (Å²) in [5.74, 6) is 0.871. The standard InChI is InChI=1S/C15H15Cl2NO4/c1-10-8-14(19)22-13-9-11(2-3-12(10)13)21-15(20)18(6-4-16)7-5-17/h2-3,8-9H,4-7H2,1H3. The van der Waals surface area contributed by atoms with Gasteiger partial charge in [-0.05, 0) is 24.6 Å². The van der Waals surface area contributed by atoms with Crippen LogP contribution < -0.4 is 10.4 Å². The van der Waals surface area contributed by atoms with Gasteiger partial charge in [-0.1, -0.05) is 0 Å². The fourth-order valence-corrected chi connectivity index (χ4v) is 2.44. The monoisotopic (exact) mass is 343 g/mol. The third-order valence-corrected chi connectivity index (χ3v) is 3.43. The molecule has 0 fully saturated rings. The van der Waals surface area contributed by atoms with Crippen LogP contribution in [0, 0.1) is 6.92 Å². The molecule has 0 radical (unpaired) electrons. The van der Waals surface area contributed by atoms with Crippen molar-refractivity contribution in [1.82, 2.24) is 4.90 Å². The van der Waals surface area contributed by atoms with Crippen molar-refractivity contribution >= 4 is 40.3 Å². The number of halogens is 2. The summed E-state index contributed by atoms with van der Waals surface area (Å²) in [6.07, 6.45) is -0.546. The van der Waals surface area contributed by atoms with Gasteiger partial charge in [0.2, 0.25) is 0 Å². The molecule has 2 rings (SSSR count). The summed E-state index contributed by atoms with van der Waals surface area (Å²) in [7, 11) is 0. The van der Waals surface area contributed by atoms with Crippen LogP contribution in [0.3, 0.4) is 0 Å². The van der Waals surface area contributed by atoms with Crippen molar-refractivity contribution in [3.63, 3.8) is 0 Å². The van der Waals surface area contributed by atoms with Crippen molar-refractivity contribution in [2.24, 2.45) is 0 Å². The normalized spacial score (nSPS) is 10.7. The quantitative estimate of drug-likeness (QED) is 0.616. The molecule has 0 N–H and O–H groups in total. The van der Waals surface area contributed by atoms with Crippen LogP contribution in [0.5, 0.6) is 5.75 Å². The highest BCUT2D eigenvalue weighted by atomic mass is 35.5. The lowest BCUT2D eigenvalue weighted by Gasteiger charge is -2.19. The van der Waals surface area contributed by atoms with Crippen LogP contribution in [-0.2, 0) is 0 Å². The first-order chi connectivity index (χ1) is 10.5. The molecule has 0 saturated carbocycles. The summed E-state index contributed by atoms with van der Waals surface area (Å²) >= 11 is 11.3. The van der Waals surface area contributed by atoms with Crippen molar-refractivity contribution in [3.05, 3.63) is 40.2 Å². The van der Waals surface area contributed by atoms with E-state index in [-0.39, 0.29) is 11.8 Å². The van der Waals surface area contributed by atoms with Crippen LogP contribution in [0.4, 0.5) is 4.79 Å². The maximum absolute atomic E-state index is 12.1. The zero-order valence-electron chi connectivity index (χ0n) is 12.0. The van der Waals surface area contributed by atoms with Gasteiger partial charge in [0.25, 0.3) is 0 Å². The predicted octanol–water partition coefficient (Wildman–Crippen LogP) is 3.38. The minimum atomic E-state index is -0.546. The number of amides is 1. The van der Waals surface area contributed by atoms with E-state index in [0.717, 1.165) is 10.9 Å². The maximum atomic E-state index is 12.1. The van der Waals surface area contributed by atoms with Crippen molar-refractivity contribution in [3.8, 4) is 5.75 Å². The Balaban J connectivity index is 2.24. The topological polar surface area (TPSA) is 59.8 Å². The Hall–Kier alpha value is -1.72. The Labute approximate surface area is 137 Å². The Kier molecular flexibility index (Phi) is 5.69. The van der Waals surface area contributed by atoms with E-state index in [4.69, 9.17) is 32.4 Å². The third kappa shape index (κ3) is 3.93. The number of aryl methyl sites for hydroxylation is 1. The van der Waals surface area contributed by atoms with Crippen molar-refractivity contribution in [1.29, 1.82) is 0 Å². The second kappa shape index (κ2) is 7.51. The summed E-state index contributed by atoms with van der Waals surface area (Å²) in [4.78, 5) is 24.9. The van der Waals surface area contributed by atoms with Crippen molar-refractivity contribution in [2.75, 3.05) is 24.8 Å². The van der Waals surface area contributed by atoms with Gasteiger partial charge in [-0.3, -0.25) is 0 Å². The molecule has 0 atom stereocenters. The van der Waals surface area contributed by atoms with E-state index in [1.54, 1.807) is 12.1 Å². The molecule has 0 aliphatic heterocycles. The van der Waals surface area contributed by atoms with E-state index in [9.17, 15) is 9.59 Å². The number of carbonyl (C=O) groups excluding carboxylic acids is 1. The molecule has 5 nitrogen and oxygen atoms in total. The Morgan fingerprint density at radius 2 is 1.91 bits per heavy atom. The summed E-state index contributed by atoms with van der Waals surface area (Å²) in [6.45, 7) is 2.50. The van der Waals surface area contributed by atoms with E-state index in [0.29, 0.717) is 24.4 Å². The molecule has 2 aromatic rings. The number of fused-ring (bicyclic) bond motifs is 1. The van der Waals surface area contributed by atoms with Gasteiger partial charge in [0.1, 0.15) is 11.3 Å². The van der Waals surface area contributed by atoms with E-state index in [1.807, 2.05) is 6.92 Å². The molecule has 118 valence electrons. The SMILES string of the molecule is Cc1cc(=O)oc2cc(OC(=O)N(CCCl)CCCl)ccc12. The summed E-state index contributed by atoms with van der Waals surface area (Å²) in [5.41, 5.74) is 0.728. The number of carbonyl (C=O) groups is 1. The van der Waals surface area contributed by atoms with Crippen LogP contribution in [0.25, 0.3) is 11.0 Å². The lowest BCUT2D eigenvalue weighted by Crippen LogP contribution is -2.36. The average molecular weight is 344 g/mol. The largest absolute Gasteiger partial charge is 0.423 e. The summed E-state index contributed by atoms with van der Waals surface area (Å²) in [6, 6.07) is 6.31. The number of benzene rings is 1. The van der Waals surface area contributed by atoms with Crippen LogP contribution >= 0.6 is 23.2 Å². The Morgan fingerprint density at radius 1 is 1.23 bits per heavy atom. The first-order valence-electron chi connectivity index (χ1n) is 6.68. The van der Waals surface area contributed by atoms with Crippen molar-refractivity contribution < 1.29 is 13.9 Å². The summed E-state index contributed by atoms with van der Waals surface area (Å²) < 4.78 is 10.4. The van der Waals surface area contributed by atoms with Gasteiger partial charge < -0.3 is 14.1 Å². The molecular weight excluding hydrogens is 329 g/mol. The van der Waals surface area contributed by atoms with Gasteiger partial charge in [-0.2, -0.15) is 0 Å². The van der Waals surface area contributed by atoms with E-state index >= 15 is 0 Å². The van der Waals surface area contributed by atoms with Gasteiger partial charge in [0.15, 0.2) is 0 Å². The smallest absolute Gasteiger partial charge is 0.415 e. The summed E-state index contributed by atoms with van der Waals surface area (Å²) in [5, 5.41) is 0.790. The van der Waals surface area contributed by atoms with Gasteiger partial charge in [-0.25, -0.2) is 9.59 Å². The molecule has 7 heteroatoms. The minimum absolute atomic E-state index is 0.289. The highest BCUT2D eigenvalue weighted by Crippen LogP contribution is 2.22. The molecule has 0 aliphatic rings. The number of rotatable bonds is 5. The molecule has 0 aliphatic carbocycles. The number of ether oxygens (including phenoxy) is 1. The maximum Gasteiger partial charge on any atom is 0.415 e. The lowest BCUT2D eigenvalue weighted by atomic mass is 10.1. The highest BCUT2D eigenvalue weighted by Gasteiger charge is 2.15. The molecular formula is C15H15Cl2NO4. The van der Waals surface area contributed by atoms with Gasteiger partial charge >= 0.3 is 11.7 Å². The molecule has 0 unspecified atom stereocenters. The first-order valence-corrected chi connectivity index (χ1v) is 7.75. The van der Waals surface area contributed by atoms with Gasteiger partial charge in [-0.15, -0.1) is 23.2 Å². The molecule has 0 spiro atoms. The van der Waals surface area contributed by atoms with Crippen LogP contribution in [-0.4, -0.2) is 35.8 Å². The number of hydrogen-bond donors (Lipinski definition) is 0. The van der Waals surface area contributed by atoms with E-state index < -0.39 is 11.7 Å². The molecule has 0 saturated heterocycles. The van der Waals surface area contributed by atoms with Gasteiger partial charge in [0, 0.05) is 42.4 Å². The molecule has 22 heavy (non-hydrogen) atoms. The van der Waals surface area contributed by atoms with Crippen LogP contribution in [0.2, 0.25) is 0 Å². The third-order valence-electron chi connectivity index (χ3n) is 3.10. The minimum Gasteiger partial charge on any atom is -0.423 e. The number of alkyl halides is 2. The van der Waals surface area contributed by atoms with Crippen LogP contribution in [0.15, 0.2) is 33.5 Å². The lowest BCUT2D eigenvalue weighted by molar-refractivity contribution is 0.158. The van der Waals surface area contributed by atoms with Crippen LogP contribution in [0.1, 0.15) is 5.56 Å². The number of nitrogens with zero attached hydrogens (tertiary/aromatic N) is 1. The van der Waals surface area contributed by atoms with E-state index in [2.05, 4.69) is 0 Å².